The summed E-state index contributed by atoms with van der Waals surface area (Å²) in [6, 6.07) is 9.90. The fraction of sp³-hybridized carbons (Fsp3) is 0.150. The number of ether oxygens (including phenoxy) is 2. The third kappa shape index (κ3) is 4.21. The SMILES string of the molecule is COc1ccc(NC(=O)c2cc3nc(-c4ccc(Cl)s4)cc(C(F)(F)F)n3n2)c(OC)c1. The maximum absolute atomic E-state index is 13.7. The molecule has 1 amide bonds. The number of alkyl halides is 3. The first kappa shape index (κ1) is 21.9. The van der Waals surface area contributed by atoms with Crippen LogP contribution in [0.5, 0.6) is 11.5 Å². The van der Waals surface area contributed by atoms with E-state index in [-0.39, 0.29) is 17.0 Å². The third-order valence-corrected chi connectivity index (χ3v) is 5.69. The zero-order valence-corrected chi connectivity index (χ0v) is 18.1. The van der Waals surface area contributed by atoms with E-state index in [1.165, 1.54) is 20.3 Å². The number of amides is 1. The van der Waals surface area contributed by atoms with Crippen molar-refractivity contribution in [1.29, 1.82) is 0 Å². The standard InChI is InChI=1S/C20H14ClF3N4O3S/c1-30-10-3-4-11(14(7-10)31-2)26-19(29)13-9-18-25-12(15-5-6-17(21)32-15)8-16(20(22,23)24)28(18)27-13/h3-9H,1-2H3,(H,26,29). The van der Waals surface area contributed by atoms with Crippen LogP contribution in [0.15, 0.2) is 42.5 Å². The number of nitrogens with zero attached hydrogens (tertiary/aromatic N) is 3. The van der Waals surface area contributed by atoms with Gasteiger partial charge < -0.3 is 14.8 Å². The third-order valence-electron chi connectivity index (χ3n) is 4.43. The second-order valence-corrected chi connectivity index (χ2v) is 8.16. The van der Waals surface area contributed by atoms with Crippen molar-refractivity contribution in [3.63, 3.8) is 0 Å². The van der Waals surface area contributed by atoms with Gasteiger partial charge in [0, 0.05) is 12.1 Å². The van der Waals surface area contributed by atoms with Crippen molar-refractivity contribution in [3.8, 4) is 22.1 Å². The van der Waals surface area contributed by atoms with E-state index in [1.807, 2.05) is 0 Å². The zero-order chi connectivity index (χ0) is 23.0. The molecule has 4 rings (SSSR count). The molecule has 4 aromatic rings. The predicted octanol–water partition coefficient (Wildman–Crippen LogP) is 5.40. The second kappa shape index (κ2) is 8.32. The van der Waals surface area contributed by atoms with Crippen LogP contribution in [0.2, 0.25) is 4.34 Å². The summed E-state index contributed by atoms with van der Waals surface area (Å²) in [5.74, 6) is 0.0908. The van der Waals surface area contributed by atoms with E-state index < -0.39 is 17.8 Å². The van der Waals surface area contributed by atoms with Crippen LogP contribution in [0.1, 0.15) is 16.2 Å². The highest BCUT2D eigenvalue weighted by Gasteiger charge is 2.36. The predicted molar refractivity (Wildman–Crippen MR) is 114 cm³/mol. The monoisotopic (exact) mass is 482 g/mol. The summed E-state index contributed by atoms with van der Waals surface area (Å²) in [5.41, 5.74) is -1.07. The Morgan fingerprint density at radius 1 is 1.12 bits per heavy atom. The van der Waals surface area contributed by atoms with Crippen molar-refractivity contribution in [2.45, 2.75) is 6.18 Å². The van der Waals surface area contributed by atoms with Crippen molar-refractivity contribution in [3.05, 3.63) is 58.2 Å². The number of carbonyl (C=O) groups is 1. The molecule has 12 heteroatoms. The van der Waals surface area contributed by atoms with Gasteiger partial charge in [0.25, 0.3) is 5.91 Å². The molecule has 0 aliphatic heterocycles. The van der Waals surface area contributed by atoms with Gasteiger partial charge in [-0.2, -0.15) is 18.3 Å². The number of anilines is 1. The Bertz CT molecular complexity index is 1320. The number of halogens is 4. The average molecular weight is 483 g/mol. The lowest BCUT2D eigenvalue weighted by atomic mass is 10.2. The van der Waals surface area contributed by atoms with Crippen LogP contribution in [0.3, 0.4) is 0 Å². The topological polar surface area (TPSA) is 77.8 Å². The molecule has 0 spiro atoms. The van der Waals surface area contributed by atoms with Crippen molar-refractivity contribution < 1.29 is 27.4 Å². The Kier molecular flexibility index (Phi) is 5.70. The van der Waals surface area contributed by atoms with Gasteiger partial charge in [0.1, 0.15) is 11.5 Å². The summed E-state index contributed by atoms with van der Waals surface area (Å²) in [4.78, 5) is 17.4. The zero-order valence-electron chi connectivity index (χ0n) is 16.5. The van der Waals surface area contributed by atoms with E-state index in [1.54, 1.807) is 30.3 Å². The summed E-state index contributed by atoms with van der Waals surface area (Å²) in [5, 5.41) is 6.42. The number of aromatic nitrogens is 3. The number of carbonyl (C=O) groups excluding carboxylic acids is 1. The molecular weight excluding hydrogens is 469 g/mol. The molecule has 0 atom stereocenters. The van der Waals surface area contributed by atoms with Crippen molar-refractivity contribution in [1.82, 2.24) is 14.6 Å². The van der Waals surface area contributed by atoms with Crippen LogP contribution >= 0.6 is 22.9 Å². The largest absolute Gasteiger partial charge is 0.497 e. The van der Waals surface area contributed by atoms with Crippen LogP contribution in [0, 0.1) is 0 Å². The fourth-order valence-corrected chi connectivity index (χ4v) is 3.96. The number of thiophene rings is 1. The molecule has 0 saturated carbocycles. The molecule has 0 saturated heterocycles. The van der Waals surface area contributed by atoms with Crippen LogP contribution in [0.25, 0.3) is 16.2 Å². The Balaban J connectivity index is 1.75. The smallest absolute Gasteiger partial charge is 0.433 e. The Labute approximate surface area is 188 Å². The van der Waals surface area contributed by atoms with Crippen LogP contribution in [-0.2, 0) is 6.18 Å². The quantitative estimate of drug-likeness (QED) is 0.412. The number of nitrogens with one attached hydrogen (secondary N) is 1. The maximum Gasteiger partial charge on any atom is 0.433 e. The highest BCUT2D eigenvalue weighted by molar-refractivity contribution is 7.19. The highest BCUT2D eigenvalue weighted by atomic mass is 35.5. The summed E-state index contributed by atoms with van der Waals surface area (Å²) < 4.78 is 52.5. The van der Waals surface area contributed by atoms with Crippen molar-refractivity contribution in [2.24, 2.45) is 0 Å². The van der Waals surface area contributed by atoms with Gasteiger partial charge in [0.2, 0.25) is 0 Å². The fourth-order valence-electron chi connectivity index (χ4n) is 2.95. The summed E-state index contributed by atoms with van der Waals surface area (Å²) in [6.45, 7) is 0. The Morgan fingerprint density at radius 2 is 1.91 bits per heavy atom. The van der Waals surface area contributed by atoms with Crippen molar-refractivity contribution >= 4 is 40.2 Å². The van der Waals surface area contributed by atoms with E-state index in [2.05, 4.69) is 15.4 Å². The number of hydrogen-bond donors (Lipinski definition) is 1. The number of benzene rings is 1. The lowest BCUT2D eigenvalue weighted by Crippen LogP contribution is -2.16. The lowest BCUT2D eigenvalue weighted by molar-refractivity contribution is -0.142. The average Bonchev–Trinajstić information content (AvgIpc) is 3.38. The minimum Gasteiger partial charge on any atom is -0.497 e. The molecule has 0 fully saturated rings. The maximum atomic E-state index is 13.7. The molecule has 3 aromatic heterocycles. The van der Waals surface area contributed by atoms with Crippen molar-refractivity contribution in [2.75, 3.05) is 19.5 Å². The lowest BCUT2D eigenvalue weighted by Gasteiger charge is -2.11. The minimum absolute atomic E-state index is 0.0745. The first-order valence-corrected chi connectivity index (χ1v) is 10.2. The first-order valence-electron chi connectivity index (χ1n) is 8.96. The molecule has 0 aliphatic carbocycles. The Hall–Kier alpha value is -3.31. The molecule has 0 unspecified atom stereocenters. The number of rotatable bonds is 5. The van der Waals surface area contributed by atoms with Gasteiger partial charge in [-0.25, -0.2) is 9.50 Å². The number of fused-ring (bicyclic) bond motifs is 1. The first-order chi connectivity index (χ1) is 15.2. The molecule has 0 bridgehead atoms. The van der Waals surface area contributed by atoms with Gasteiger partial charge in [0.05, 0.1) is 34.8 Å². The molecule has 0 aliphatic rings. The van der Waals surface area contributed by atoms with E-state index in [4.69, 9.17) is 21.1 Å². The van der Waals surface area contributed by atoms with Crippen LogP contribution in [0.4, 0.5) is 18.9 Å². The van der Waals surface area contributed by atoms with Gasteiger partial charge in [-0.1, -0.05) is 11.6 Å². The van der Waals surface area contributed by atoms with E-state index in [9.17, 15) is 18.0 Å². The van der Waals surface area contributed by atoms with Crippen LogP contribution in [-0.4, -0.2) is 34.7 Å². The molecule has 32 heavy (non-hydrogen) atoms. The normalized spacial score (nSPS) is 11.6. The minimum atomic E-state index is -4.73. The summed E-state index contributed by atoms with van der Waals surface area (Å²) >= 11 is 7.00. The number of methoxy groups -OCH3 is 2. The molecule has 1 N–H and O–H groups in total. The van der Waals surface area contributed by atoms with E-state index in [0.717, 1.165) is 17.4 Å². The summed E-state index contributed by atoms with van der Waals surface area (Å²) in [6.07, 6.45) is -4.73. The molecule has 3 heterocycles. The highest BCUT2D eigenvalue weighted by Crippen LogP contribution is 2.35. The Morgan fingerprint density at radius 3 is 2.53 bits per heavy atom. The van der Waals surface area contributed by atoms with Crippen LogP contribution < -0.4 is 14.8 Å². The van der Waals surface area contributed by atoms with Gasteiger partial charge in [0.15, 0.2) is 17.0 Å². The second-order valence-electron chi connectivity index (χ2n) is 6.45. The molecular formula is C20H14ClF3N4O3S. The molecule has 0 radical (unpaired) electrons. The van der Waals surface area contributed by atoms with Gasteiger partial charge in [-0.15, -0.1) is 11.3 Å². The van der Waals surface area contributed by atoms with E-state index in [0.29, 0.717) is 30.9 Å². The molecule has 1 aromatic carbocycles. The van der Waals surface area contributed by atoms with Gasteiger partial charge in [-0.3, -0.25) is 4.79 Å². The molecule has 166 valence electrons. The summed E-state index contributed by atoms with van der Waals surface area (Å²) in [7, 11) is 2.89. The number of hydrogen-bond acceptors (Lipinski definition) is 6. The van der Waals surface area contributed by atoms with Gasteiger partial charge >= 0.3 is 6.18 Å². The van der Waals surface area contributed by atoms with E-state index >= 15 is 0 Å². The molecule has 7 nitrogen and oxygen atoms in total. The van der Waals surface area contributed by atoms with Gasteiger partial charge in [-0.05, 0) is 30.3 Å².